The van der Waals surface area contributed by atoms with E-state index in [2.05, 4.69) is 5.32 Å². The number of phenolic OH excluding ortho intramolecular Hbond substituents is 1. The fraction of sp³-hybridized carbons (Fsp3) is 0.300. The molecule has 2 atom stereocenters. The molecule has 2 rings (SSSR count). The zero-order valence-electron chi connectivity index (χ0n) is 7.77. The Hall–Kier alpha value is -1.78. The summed E-state index contributed by atoms with van der Waals surface area (Å²) in [7, 11) is 0. The van der Waals surface area contributed by atoms with Crippen LogP contribution in [0.4, 0.5) is 9.18 Å². The molecule has 1 fully saturated rings. The Kier molecular flexibility index (Phi) is 2.22. The molecule has 1 aromatic carbocycles. The van der Waals surface area contributed by atoms with Gasteiger partial charge in [0.25, 0.3) is 0 Å². The second kappa shape index (κ2) is 3.42. The maximum absolute atomic E-state index is 13.0. The molecular formula is C10H10FNO3. The number of carboxylic acid groups (broad SMARTS) is 1. The van der Waals surface area contributed by atoms with Crippen LogP contribution in [0.2, 0.25) is 0 Å². The highest BCUT2D eigenvalue weighted by Gasteiger charge is 2.41. The van der Waals surface area contributed by atoms with E-state index in [0.717, 1.165) is 0 Å². The summed E-state index contributed by atoms with van der Waals surface area (Å²) in [6.45, 7) is 0. The maximum Gasteiger partial charge on any atom is 0.404 e. The average molecular weight is 211 g/mol. The lowest BCUT2D eigenvalue weighted by Gasteiger charge is -2.04. The predicted molar refractivity (Wildman–Crippen MR) is 50.4 cm³/mol. The average Bonchev–Trinajstić information content (AvgIpc) is 2.88. The lowest BCUT2D eigenvalue weighted by atomic mass is 10.1. The minimum absolute atomic E-state index is 0.114. The molecule has 15 heavy (non-hydrogen) atoms. The number of phenols is 1. The number of aromatic hydroxyl groups is 1. The van der Waals surface area contributed by atoms with Crippen molar-refractivity contribution in [1.82, 2.24) is 5.32 Å². The molecule has 1 aliphatic rings. The van der Waals surface area contributed by atoms with E-state index >= 15 is 0 Å². The number of nitrogens with one attached hydrogen (secondary N) is 1. The predicted octanol–water partition coefficient (Wildman–Crippen LogP) is 1.65. The van der Waals surface area contributed by atoms with E-state index in [1.807, 2.05) is 0 Å². The van der Waals surface area contributed by atoms with Crippen molar-refractivity contribution in [2.75, 3.05) is 0 Å². The molecule has 0 unspecified atom stereocenters. The first kappa shape index (κ1) is 9.76. The summed E-state index contributed by atoms with van der Waals surface area (Å²) < 4.78 is 13.0. The number of halogens is 1. The van der Waals surface area contributed by atoms with Crippen LogP contribution in [-0.4, -0.2) is 22.3 Å². The number of para-hydroxylation sites is 1. The molecule has 4 nitrogen and oxygen atoms in total. The number of hydrogen-bond donors (Lipinski definition) is 3. The molecule has 0 bridgehead atoms. The smallest absolute Gasteiger partial charge is 0.404 e. The molecule has 0 radical (unpaired) electrons. The third-order valence-corrected chi connectivity index (χ3v) is 2.52. The van der Waals surface area contributed by atoms with Crippen LogP contribution in [0.25, 0.3) is 0 Å². The van der Waals surface area contributed by atoms with Crippen LogP contribution in [0, 0.1) is 5.82 Å². The van der Waals surface area contributed by atoms with Crippen molar-refractivity contribution in [3.05, 3.63) is 29.6 Å². The van der Waals surface area contributed by atoms with Gasteiger partial charge in [0.2, 0.25) is 0 Å². The topological polar surface area (TPSA) is 69.6 Å². The Morgan fingerprint density at radius 1 is 1.53 bits per heavy atom. The Labute approximate surface area is 85.4 Å². The molecule has 1 aliphatic carbocycles. The first-order valence-corrected chi connectivity index (χ1v) is 4.56. The van der Waals surface area contributed by atoms with Crippen LogP contribution in [0.15, 0.2) is 18.2 Å². The van der Waals surface area contributed by atoms with Crippen LogP contribution < -0.4 is 5.32 Å². The second-order valence-corrected chi connectivity index (χ2v) is 3.58. The molecule has 0 saturated heterocycles. The van der Waals surface area contributed by atoms with Gasteiger partial charge in [-0.15, -0.1) is 0 Å². The standard InChI is InChI=1S/C10H10FNO3/c11-7-3-1-2-5(9(7)13)6-4-8(6)12-10(14)15/h1-3,6,8,12-13H,4H2,(H,14,15)/t6-,8+/m0/s1. The molecule has 1 saturated carbocycles. The van der Waals surface area contributed by atoms with E-state index in [1.165, 1.54) is 12.1 Å². The first-order valence-electron chi connectivity index (χ1n) is 4.56. The van der Waals surface area contributed by atoms with Crippen LogP contribution in [0.1, 0.15) is 17.9 Å². The number of rotatable bonds is 2. The van der Waals surface area contributed by atoms with Gasteiger partial charge in [0.05, 0.1) is 0 Å². The van der Waals surface area contributed by atoms with Gasteiger partial charge < -0.3 is 15.5 Å². The van der Waals surface area contributed by atoms with Gasteiger partial charge in [-0.25, -0.2) is 9.18 Å². The van der Waals surface area contributed by atoms with Crippen molar-refractivity contribution < 1.29 is 19.4 Å². The molecule has 0 aliphatic heterocycles. The molecule has 1 aromatic rings. The lowest BCUT2D eigenvalue weighted by molar-refractivity contribution is 0.193. The Morgan fingerprint density at radius 3 is 2.93 bits per heavy atom. The highest BCUT2D eigenvalue weighted by atomic mass is 19.1. The van der Waals surface area contributed by atoms with E-state index < -0.39 is 11.9 Å². The van der Waals surface area contributed by atoms with Crippen LogP contribution in [0.5, 0.6) is 5.75 Å². The minimum Gasteiger partial charge on any atom is -0.505 e. The normalized spacial score (nSPS) is 23.5. The summed E-state index contributed by atoms with van der Waals surface area (Å²) in [5, 5.41) is 20.2. The molecule has 3 N–H and O–H groups in total. The largest absolute Gasteiger partial charge is 0.505 e. The quantitative estimate of drug-likeness (QED) is 0.696. The fourth-order valence-electron chi connectivity index (χ4n) is 1.69. The molecule has 80 valence electrons. The van der Waals surface area contributed by atoms with Gasteiger partial charge in [-0.05, 0) is 12.5 Å². The van der Waals surface area contributed by atoms with Gasteiger partial charge in [-0.1, -0.05) is 12.1 Å². The summed E-state index contributed by atoms with van der Waals surface area (Å²) in [5.74, 6) is -1.16. The molecular weight excluding hydrogens is 201 g/mol. The summed E-state index contributed by atoms with van der Waals surface area (Å²) in [4.78, 5) is 10.3. The van der Waals surface area contributed by atoms with E-state index in [9.17, 15) is 14.3 Å². The Balaban J connectivity index is 2.13. The number of hydrogen-bond acceptors (Lipinski definition) is 2. The summed E-state index contributed by atoms with van der Waals surface area (Å²) in [5.41, 5.74) is 0.466. The number of amides is 1. The second-order valence-electron chi connectivity index (χ2n) is 3.58. The first-order chi connectivity index (χ1) is 7.09. The molecule has 0 heterocycles. The third kappa shape index (κ3) is 1.86. The van der Waals surface area contributed by atoms with Gasteiger partial charge in [0, 0.05) is 17.5 Å². The fourth-order valence-corrected chi connectivity index (χ4v) is 1.69. The summed E-state index contributed by atoms with van der Waals surface area (Å²) in [6, 6.07) is 4.06. The van der Waals surface area contributed by atoms with E-state index in [1.54, 1.807) is 6.07 Å². The van der Waals surface area contributed by atoms with E-state index in [4.69, 9.17) is 5.11 Å². The highest BCUT2D eigenvalue weighted by Crippen LogP contribution is 2.44. The molecule has 0 aromatic heterocycles. The van der Waals surface area contributed by atoms with Crippen molar-refractivity contribution in [2.45, 2.75) is 18.4 Å². The number of benzene rings is 1. The third-order valence-electron chi connectivity index (χ3n) is 2.52. The zero-order chi connectivity index (χ0) is 11.0. The molecule has 1 amide bonds. The van der Waals surface area contributed by atoms with Gasteiger partial charge in [-0.3, -0.25) is 0 Å². The van der Waals surface area contributed by atoms with Crippen LogP contribution >= 0.6 is 0 Å². The number of carbonyl (C=O) groups is 1. The molecule has 0 spiro atoms. The van der Waals surface area contributed by atoms with Crippen molar-refractivity contribution in [1.29, 1.82) is 0 Å². The van der Waals surface area contributed by atoms with Gasteiger partial charge in [-0.2, -0.15) is 0 Å². The lowest BCUT2D eigenvalue weighted by Crippen LogP contribution is -2.24. The van der Waals surface area contributed by atoms with Crippen molar-refractivity contribution in [3.63, 3.8) is 0 Å². The monoisotopic (exact) mass is 211 g/mol. The Morgan fingerprint density at radius 2 is 2.27 bits per heavy atom. The van der Waals surface area contributed by atoms with Crippen LogP contribution in [-0.2, 0) is 0 Å². The van der Waals surface area contributed by atoms with E-state index in [-0.39, 0.29) is 17.7 Å². The Bertz CT molecular complexity index is 408. The van der Waals surface area contributed by atoms with Gasteiger partial charge in [0.15, 0.2) is 11.6 Å². The summed E-state index contributed by atoms with van der Waals surface area (Å²) >= 11 is 0. The van der Waals surface area contributed by atoms with Gasteiger partial charge >= 0.3 is 6.09 Å². The SMILES string of the molecule is O=C(O)N[C@@H]1C[C@H]1c1cccc(F)c1O. The maximum atomic E-state index is 13.0. The summed E-state index contributed by atoms with van der Waals surface area (Å²) in [6.07, 6.45) is -0.498. The van der Waals surface area contributed by atoms with Crippen molar-refractivity contribution in [2.24, 2.45) is 0 Å². The zero-order valence-corrected chi connectivity index (χ0v) is 7.77. The van der Waals surface area contributed by atoms with Gasteiger partial charge in [0.1, 0.15) is 0 Å². The van der Waals surface area contributed by atoms with Crippen molar-refractivity contribution >= 4 is 6.09 Å². The van der Waals surface area contributed by atoms with Crippen LogP contribution in [0.3, 0.4) is 0 Å². The molecule has 5 heteroatoms. The highest BCUT2D eigenvalue weighted by molar-refractivity contribution is 5.66. The van der Waals surface area contributed by atoms with Crippen molar-refractivity contribution in [3.8, 4) is 5.75 Å². The minimum atomic E-state index is -1.10. The van der Waals surface area contributed by atoms with E-state index in [0.29, 0.717) is 12.0 Å².